The smallest absolute Gasteiger partial charge is 0.342 e. The normalized spacial score (nSPS) is 11.2. The highest BCUT2D eigenvalue weighted by Gasteiger charge is 2.22. The van der Waals surface area contributed by atoms with Gasteiger partial charge in [0.2, 0.25) is 17.7 Å². The van der Waals surface area contributed by atoms with E-state index in [0.717, 1.165) is 26.1 Å². The van der Waals surface area contributed by atoms with E-state index in [4.69, 9.17) is 16.3 Å². The summed E-state index contributed by atoms with van der Waals surface area (Å²) in [6.07, 6.45) is 0.812. The Hall–Kier alpha value is -4.20. The van der Waals surface area contributed by atoms with Crippen molar-refractivity contribution in [2.24, 2.45) is 0 Å². The number of imidazole rings is 1. The van der Waals surface area contributed by atoms with Crippen molar-refractivity contribution in [3.63, 3.8) is 0 Å². The number of hydrogen-bond donors (Lipinski definition) is 2. The quantitative estimate of drug-likeness (QED) is 0.316. The number of nitrogens with zero attached hydrogens (tertiary/aromatic N) is 4. The number of aliphatic hydroxyl groups is 1. The predicted molar refractivity (Wildman–Crippen MR) is 136 cm³/mol. The monoisotopic (exact) mass is 561 g/mol. The second kappa shape index (κ2) is 11.7. The zero-order chi connectivity index (χ0) is 28.3. The number of carbonyl (C=O) groups excluding carboxylic acids is 2. The molecule has 2 aromatic heterocycles. The number of likely N-dealkylation sites (N-methyl/N-ethyl adjacent to an activating group) is 1. The second-order valence-electron chi connectivity index (χ2n) is 8.39. The molecule has 0 spiro atoms. The van der Waals surface area contributed by atoms with Crippen LogP contribution in [0, 0.1) is 11.6 Å². The van der Waals surface area contributed by atoms with E-state index < -0.39 is 41.3 Å². The first-order valence-electron chi connectivity index (χ1n) is 11.6. The Bertz CT molecular complexity index is 1700. The Balaban J connectivity index is 1.65. The van der Waals surface area contributed by atoms with Crippen LogP contribution < -0.4 is 21.3 Å². The molecule has 11 nitrogen and oxygen atoms in total. The molecule has 0 saturated carbocycles. The van der Waals surface area contributed by atoms with Crippen molar-refractivity contribution in [1.29, 1.82) is 0 Å². The fraction of sp³-hybridized carbons (Fsp3) is 0.240. The Morgan fingerprint density at radius 3 is 2.51 bits per heavy atom. The summed E-state index contributed by atoms with van der Waals surface area (Å²) in [4.78, 5) is 55.0. The van der Waals surface area contributed by atoms with E-state index in [1.165, 1.54) is 25.2 Å². The molecule has 4 aromatic rings. The third kappa shape index (κ3) is 5.65. The van der Waals surface area contributed by atoms with Gasteiger partial charge in [-0.15, -0.1) is 0 Å². The Morgan fingerprint density at radius 1 is 1.08 bits per heavy atom. The molecule has 39 heavy (non-hydrogen) atoms. The second-order valence-corrected chi connectivity index (χ2v) is 8.77. The summed E-state index contributed by atoms with van der Waals surface area (Å²) in [5.74, 6) is -3.11. The van der Waals surface area contributed by atoms with Crippen LogP contribution in [0.3, 0.4) is 0 Å². The van der Waals surface area contributed by atoms with Crippen molar-refractivity contribution >= 4 is 34.4 Å². The largest absolute Gasteiger partial charge is 0.471 e. The van der Waals surface area contributed by atoms with Crippen molar-refractivity contribution in [2.75, 3.05) is 20.2 Å². The van der Waals surface area contributed by atoms with Crippen LogP contribution in [0.2, 0.25) is 5.02 Å². The summed E-state index contributed by atoms with van der Waals surface area (Å²) in [6, 6.07) is 7.46. The number of fused-ring (bicyclic) bond motifs is 1. The van der Waals surface area contributed by atoms with E-state index in [1.54, 1.807) is 6.07 Å². The lowest BCUT2D eigenvalue weighted by molar-refractivity contribution is 0.0872. The fourth-order valence-electron chi connectivity index (χ4n) is 3.91. The Labute approximate surface area is 223 Å². The van der Waals surface area contributed by atoms with Gasteiger partial charge in [-0.25, -0.2) is 27.7 Å². The fourth-order valence-corrected chi connectivity index (χ4v) is 4.12. The highest BCUT2D eigenvalue weighted by molar-refractivity contribution is 6.31. The number of carbonyl (C=O) groups is 2. The van der Waals surface area contributed by atoms with Crippen LogP contribution in [-0.2, 0) is 13.2 Å². The molecule has 0 fully saturated rings. The summed E-state index contributed by atoms with van der Waals surface area (Å²) in [7, 11) is 1.53. The topological polar surface area (TPSA) is 137 Å². The molecule has 0 unspecified atom stereocenters. The van der Waals surface area contributed by atoms with Crippen LogP contribution in [-0.4, -0.2) is 55.8 Å². The molecule has 0 radical (unpaired) electrons. The van der Waals surface area contributed by atoms with Gasteiger partial charge in [0.25, 0.3) is 5.56 Å². The Kier molecular flexibility index (Phi) is 8.33. The number of halogens is 3. The van der Waals surface area contributed by atoms with Gasteiger partial charge in [0.1, 0.15) is 24.6 Å². The van der Waals surface area contributed by atoms with E-state index in [9.17, 15) is 33.1 Å². The summed E-state index contributed by atoms with van der Waals surface area (Å²) < 4.78 is 35.1. The third-order valence-electron chi connectivity index (χ3n) is 5.74. The van der Waals surface area contributed by atoms with E-state index in [1.807, 2.05) is 0 Å². The first-order valence-corrected chi connectivity index (χ1v) is 11.9. The molecule has 0 aliphatic rings. The molecule has 0 saturated heterocycles. The number of benzene rings is 2. The van der Waals surface area contributed by atoms with E-state index in [2.05, 4.69) is 10.3 Å². The molecule has 0 aliphatic heterocycles. The summed E-state index contributed by atoms with van der Waals surface area (Å²) in [5, 5.41) is 11.5. The van der Waals surface area contributed by atoms with Crippen molar-refractivity contribution in [3.05, 3.63) is 91.3 Å². The van der Waals surface area contributed by atoms with Gasteiger partial charge in [0, 0.05) is 11.6 Å². The van der Waals surface area contributed by atoms with Crippen molar-refractivity contribution in [3.8, 4) is 5.88 Å². The summed E-state index contributed by atoms with van der Waals surface area (Å²) in [6.45, 7) is -1.07. The van der Waals surface area contributed by atoms with Gasteiger partial charge < -0.3 is 15.2 Å². The number of rotatable bonds is 9. The van der Waals surface area contributed by atoms with Gasteiger partial charge >= 0.3 is 5.69 Å². The molecule has 2 heterocycles. The standard InChI is InChI=1S/C25H22ClF2N5O6/c1-29-10-21(36)32-18-5-2-14(8-19(18)33(25(32)38)20(35)6-7-34)11-31-13-30-23(22(26)24(31)37)39-12-15-3-4-16(27)9-17(15)28/h2-5,8-9,13,29,34H,6-7,10-12H2,1H3. The summed E-state index contributed by atoms with van der Waals surface area (Å²) >= 11 is 6.15. The van der Waals surface area contributed by atoms with Crippen LogP contribution in [0.25, 0.3) is 11.0 Å². The maximum absolute atomic E-state index is 13.9. The molecule has 2 aromatic carbocycles. The maximum atomic E-state index is 13.9. The predicted octanol–water partition coefficient (Wildman–Crippen LogP) is 1.80. The van der Waals surface area contributed by atoms with Gasteiger partial charge in [-0.2, -0.15) is 0 Å². The molecule has 4 rings (SSSR count). The molecule has 2 N–H and O–H groups in total. The number of aliphatic hydroxyl groups excluding tert-OH is 1. The van der Waals surface area contributed by atoms with Gasteiger partial charge in [-0.3, -0.25) is 19.0 Å². The van der Waals surface area contributed by atoms with Crippen LogP contribution in [0.5, 0.6) is 5.88 Å². The highest BCUT2D eigenvalue weighted by atomic mass is 35.5. The highest BCUT2D eigenvalue weighted by Crippen LogP contribution is 2.21. The zero-order valence-electron chi connectivity index (χ0n) is 20.5. The molecule has 14 heteroatoms. The number of ether oxygens (including phenoxy) is 1. The SMILES string of the molecule is CNCC(=O)n1c(=O)n(C(=O)CCO)c2cc(Cn3cnc(OCc4ccc(F)cc4F)c(Cl)c3=O)ccc21. The lowest BCUT2D eigenvalue weighted by atomic mass is 10.2. The van der Waals surface area contributed by atoms with Crippen LogP contribution in [0.4, 0.5) is 8.78 Å². The van der Waals surface area contributed by atoms with Crippen molar-refractivity contribution in [1.82, 2.24) is 24.0 Å². The summed E-state index contributed by atoms with van der Waals surface area (Å²) in [5.41, 5.74) is -0.759. The lowest BCUT2D eigenvalue weighted by Crippen LogP contribution is -2.36. The minimum Gasteiger partial charge on any atom is -0.471 e. The third-order valence-corrected chi connectivity index (χ3v) is 6.06. The number of aromatic nitrogens is 4. The average molecular weight is 562 g/mol. The first-order chi connectivity index (χ1) is 18.7. The van der Waals surface area contributed by atoms with Crippen LogP contribution in [0.15, 0.2) is 52.3 Å². The van der Waals surface area contributed by atoms with Gasteiger partial charge in [0.05, 0.1) is 37.2 Å². The van der Waals surface area contributed by atoms with Crippen LogP contribution >= 0.6 is 11.6 Å². The van der Waals surface area contributed by atoms with Gasteiger partial charge in [0.15, 0.2) is 5.02 Å². The lowest BCUT2D eigenvalue weighted by Gasteiger charge is -2.11. The van der Waals surface area contributed by atoms with E-state index in [-0.39, 0.29) is 53.6 Å². The van der Waals surface area contributed by atoms with Gasteiger partial charge in [-0.1, -0.05) is 17.7 Å². The molecular weight excluding hydrogens is 540 g/mol. The molecule has 0 bridgehead atoms. The van der Waals surface area contributed by atoms with E-state index in [0.29, 0.717) is 11.6 Å². The first kappa shape index (κ1) is 27.8. The van der Waals surface area contributed by atoms with Crippen LogP contribution in [0.1, 0.15) is 27.1 Å². The zero-order valence-corrected chi connectivity index (χ0v) is 21.2. The van der Waals surface area contributed by atoms with Crippen molar-refractivity contribution < 1.29 is 28.2 Å². The average Bonchev–Trinajstić information content (AvgIpc) is 3.18. The molecule has 0 aliphatic carbocycles. The Morgan fingerprint density at radius 2 is 1.82 bits per heavy atom. The minimum absolute atomic E-state index is 0.0358. The minimum atomic E-state index is -0.873. The molecule has 0 atom stereocenters. The van der Waals surface area contributed by atoms with Crippen molar-refractivity contribution in [2.45, 2.75) is 19.6 Å². The van der Waals surface area contributed by atoms with E-state index >= 15 is 0 Å². The molecule has 0 amide bonds. The molecule has 204 valence electrons. The molecular formula is C25H22ClF2N5O6. The number of nitrogens with one attached hydrogen (secondary N) is 1. The van der Waals surface area contributed by atoms with Gasteiger partial charge in [-0.05, 0) is 36.9 Å². The number of hydrogen-bond acceptors (Lipinski definition) is 8. The maximum Gasteiger partial charge on any atom is 0.342 e.